The van der Waals surface area contributed by atoms with E-state index in [1.165, 1.54) is 24.8 Å². The monoisotopic (exact) mass is 661 g/mol. The Bertz CT molecular complexity index is 1650. The Labute approximate surface area is 265 Å². The molecule has 242 valence electrons. The number of ether oxygens (including phenoxy) is 3. The van der Waals surface area contributed by atoms with Gasteiger partial charge in [-0.1, -0.05) is 18.2 Å². The second-order valence-corrected chi connectivity index (χ2v) is 13.8. The van der Waals surface area contributed by atoms with Gasteiger partial charge in [-0.25, -0.2) is 27.6 Å². The molecule has 1 aliphatic heterocycles. The number of morpholine rings is 1. The lowest BCUT2D eigenvalue weighted by Crippen LogP contribution is -2.45. The van der Waals surface area contributed by atoms with Crippen LogP contribution in [-0.4, -0.2) is 81.6 Å². The van der Waals surface area contributed by atoms with Crippen LogP contribution in [0.5, 0.6) is 5.75 Å². The molecular formula is C30H36FN5O7S2. The fourth-order valence-corrected chi connectivity index (χ4v) is 6.82. The molecule has 0 atom stereocenters. The summed E-state index contributed by atoms with van der Waals surface area (Å²) < 4.78 is 60.4. The number of benzene rings is 2. The van der Waals surface area contributed by atoms with Gasteiger partial charge in [-0.3, -0.25) is 9.10 Å². The number of ketones is 1. The van der Waals surface area contributed by atoms with Gasteiger partial charge in [-0.05, 0) is 56.2 Å². The standard InChI is InChI=1S/C30H36FN5O7S2/c1-30(2,3)43-28(38)26-27(44-19-34-26)36(18-20-5-8-23(41-4)9-6-20)45(39,40)24-10-7-21(25(31)16-24)15-22(37)17-33-29(32)35-11-13-42-14-12-35/h5-10,16,19H,11-15,17-18H2,1-4H3,(H2,32,33). The van der Waals surface area contributed by atoms with Gasteiger partial charge in [0.15, 0.2) is 17.4 Å². The Morgan fingerprint density at radius 1 is 1.16 bits per heavy atom. The van der Waals surface area contributed by atoms with Crippen LogP contribution in [0.15, 0.2) is 57.9 Å². The number of anilines is 1. The number of halogens is 1. The molecule has 12 nitrogen and oxygen atoms in total. The van der Waals surface area contributed by atoms with Gasteiger partial charge in [0.05, 0.1) is 37.3 Å². The molecule has 0 bridgehead atoms. The van der Waals surface area contributed by atoms with Gasteiger partial charge >= 0.3 is 5.97 Å². The zero-order valence-electron chi connectivity index (χ0n) is 25.5. The number of nitrogens with zero attached hydrogens (tertiary/aromatic N) is 4. The van der Waals surface area contributed by atoms with Crippen molar-refractivity contribution in [1.82, 2.24) is 9.88 Å². The predicted octanol–water partition coefficient (Wildman–Crippen LogP) is 3.40. The van der Waals surface area contributed by atoms with Crippen LogP contribution in [0.1, 0.15) is 42.4 Å². The first-order valence-corrected chi connectivity index (χ1v) is 16.4. The van der Waals surface area contributed by atoms with Crippen LogP contribution in [0, 0.1) is 5.82 Å². The Kier molecular flexibility index (Phi) is 10.8. The molecule has 1 fully saturated rings. The highest BCUT2D eigenvalue weighted by Gasteiger charge is 2.33. The van der Waals surface area contributed by atoms with E-state index in [2.05, 4.69) is 9.98 Å². The van der Waals surface area contributed by atoms with E-state index in [0.717, 1.165) is 21.7 Å². The molecule has 0 spiro atoms. The zero-order valence-corrected chi connectivity index (χ0v) is 27.1. The van der Waals surface area contributed by atoms with E-state index < -0.39 is 33.2 Å². The van der Waals surface area contributed by atoms with Crippen molar-refractivity contribution in [2.75, 3.05) is 44.3 Å². The number of Topliss-reactive ketones (excluding diaryl/α,β-unsaturated/α-hetero) is 1. The first-order chi connectivity index (χ1) is 21.3. The number of methoxy groups -OCH3 is 1. The van der Waals surface area contributed by atoms with Gasteiger partial charge in [0.2, 0.25) is 0 Å². The number of aromatic nitrogens is 1. The van der Waals surface area contributed by atoms with E-state index in [-0.39, 0.29) is 46.6 Å². The van der Waals surface area contributed by atoms with Crippen molar-refractivity contribution in [2.45, 2.75) is 44.2 Å². The minimum atomic E-state index is -4.45. The van der Waals surface area contributed by atoms with Crippen molar-refractivity contribution in [2.24, 2.45) is 10.7 Å². The second-order valence-electron chi connectivity index (χ2n) is 11.1. The number of esters is 1. The summed E-state index contributed by atoms with van der Waals surface area (Å²) in [5.74, 6) is -1.30. The van der Waals surface area contributed by atoms with Gasteiger partial charge in [0, 0.05) is 19.5 Å². The van der Waals surface area contributed by atoms with Crippen molar-refractivity contribution in [3.8, 4) is 5.75 Å². The number of carbonyl (C=O) groups excluding carboxylic acids is 2. The normalized spacial score (nSPS) is 14.2. The smallest absolute Gasteiger partial charge is 0.360 e. The number of guanidine groups is 1. The molecule has 1 aliphatic rings. The van der Waals surface area contributed by atoms with Crippen molar-refractivity contribution < 1.29 is 36.6 Å². The number of rotatable bonds is 11. The molecule has 1 saturated heterocycles. The van der Waals surface area contributed by atoms with Crippen molar-refractivity contribution in [1.29, 1.82) is 0 Å². The van der Waals surface area contributed by atoms with Crippen LogP contribution in [0.25, 0.3) is 0 Å². The number of hydrogen-bond donors (Lipinski definition) is 1. The Hall–Kier alpha value is -4.08. The molecule has 3 aromatic rings. The molecule has 2 aromatic carbocycles. The zero-order chi connectivity index (χ0) is 32.8. The molecule has 0 aliphatic carbocycles. The fraction of sp³-hybridized carbons (Fsp3) is 0.400. The number of hydrogen-bond acceptors (Lipinski definition) is 10. The van der Waals surface area contributed by atoms with Crippen LogP contribution in [-0.2, 0) is 37.3 Å². The number of carbonyl (C=O) groups is 2. The summed E-state index contributed by atoms with van der Waals surface area (Å²) >= 11 is 0.933. The number of sulfonamides is 1. The van der Waals surface area contributed by atoms with E-state index in [9.17, 15) is 18.0 Å². The lowest BCUT2D eigenvalue weighted by molar-refractivity contribution is -0.117. The van der Waals surface area contributed by atoms with E-state index in [0.29, 0.717) is 37.6 Å². The minimum absolute atomic E-state index is 0.00744. The number of thiazole rings is 1. The lowest BCUT2D eigenvalue weighted by Gasteiger charge is -2.27. The maximum atomic E-state index is 15.3. The maximum absolute atomic E-state index is 15.3. The molecule has 2 N–H and O–H groups in total. The average Bonchev–Trinajstić information content (AvgIpc) is 3.49. The third kappa shape index (κ3) is 8.77. The van der Waals surface area contributed by atoms with Crippen LogP contribution >= 0.6 is 11.3 Å². The summed E-state index contributed by atoms with van der Waals surface area (Å²) in [7, 11) is -2.94. The molecule has 0 amide bonds. The molecule has 0 radical (unpaired) electrons. The number of nitrogens with two attached hydrogens (primary N) is 1. The van der Waals surface area contributed by atoms with E-state index in [4.69, 9.17) is 19.9 Å². The molecule has 15 heteroatoms. The highest BCUT2D eigenvalue weighted by molar-refractivity contribution is 7.93. The lowest BCUT2D eigenvalue weighted by atomic mass is 10.1. The van der Waals surface area contributed by atoms with Crippen molar-refractivity contribution in [3.63, 3.8) is 0 Å². The quantitative estimate of drug-likeness (QED) is 0.184. The molecule has 2 heterocycles. The van der Waals surface area contributed by atoms with Gasteiger partial charge in [0.1, 0.15) is 28.7 Å². The van der Waals surface area contributed by atoms with Crippen LogP contribution in [0.2, 0.25) is 0 Å². The fourth-order valence-electron chi connectivity index (χ4n) is 4.34. The van der Waals surface area contributed by atoms with Crippen molar-refractivity contribution >= 4 is 44.1 Å². The highest BCUT2D eigenvalue weighted by Crippen LogP contribution is 2.34. The van der Waals surface area contributed by atoms with Crippen LogP contribution < -0.4 is 14.8 Å². The largest absolute Gasteiger partial charge is 0.497 e. The summed E-state index contributed by atoms with van der Waals surface area (Å²) in [4.78, 5) is 35.2. The first kappa shape index (κ1) is 33.8. The minimum Gasteiger partial charge on any atom is -0.497 e. The predicted molar refractivity (Wildman–Crippen MR) is 168 cm³/mol. The molecular weight excluding hydrogens is 625 g/mol. The van der Waals surface area contributed by atoms with Gasteiger partial charge < -0.3 is 24.8 Å². The van der Waals surface area contributed by atoms with Gasteiger partial charge in [-0.15, -0.1) is 11.3 Å². The highest BCUT2D eigenvalue weighted by atomic mass is 32.2. The summed E-state index contributed by atoms with van der Waals surface area (Å²) in [6.07, 6.45) is -0.306. The third-order valence-corrected chi connectivity index (χ3v) is 9.31. The topological polar surface area (TPSA) is 154 Å². The molecule has 0 unspecified atom stereocenters. The van der Waals surface area contributed by atoms with Crippen LogP contribution in [0.4, 0.5) is 9.39 Å². The molecule has 1 aromatic heterocycles. The van der Waals surface area contributed by atoms with Gasteiger partial charge in [-0.2, -0.15) is 0 Å². The second kappa shape index (κ2) is 14.3. The van der Waals surface area contributed by atoms with Crippen molar-refractivity contribution in [3.05, 3.63) is 70.6 Å². The summed E-state index contributed by atoms with van der Waals surface area (Å²) in [5, 5.41) is 0.00967. The van der Waals surface area contributed by atoms with Crippen LogP contribution in [0.3, 0.4) is 0 Å². The van der Waals surface area contributed by atoms with E-state index in [1.54, 1.807) is 49.9 Å². The molecule has 45 heavy (non-hydrogen) atoms. The SMILES string of the molecule is COc1ccc(CN(c2scnc2C(=O)OC(C)(C)C)S(=O)(=O)c2ccc(CC(=O)CN=C(N)N3CCOCC3)c(F)c2)cc1. The van der Waals surface area contributed by atoms with E-state index >= 15 is 4.39 Å². The summed E-state index contributed by atoms with van der Waals surface area (Å²) in [6, 6.07) is 10.0. The Balaban J connectivity index is 1.60. The average molecular weight is 662 g/mol. The third-order valence-electron chi connectivity index (χ3n) is 6.61. The molecule has 4 rings (SSSR count). The number of aliphatic imine (C=N–C) groups is 1. The van der Waals surface area contributed by atoms with Gasteiger partial charge in [0.25, 0.3) is 10.0 Å². The summed E-state index contributed by atoms with van der Waals surface area (Å²) in [5.41, 5.74) is 6.85. The summed E-state index contributed by atoms with van der Waals surface area (Å²) in [6.45, 7) is 6.73. The Morgan fingerprint density at radius 3 is 2.47 bits per heavy atom. The maximum Gasteiger partial charge on any atom is 0.360 e. The Morgan fingerprint density at radius 2 is 1.84 bits per heavy atom. The molecule has 0 saturated carbocycles. The van der Waals surface area contributed by atoms with E-state index in [1.807, 2.05) is 0 Å². The first-order valence-electron chi connectivity index (χ1n) is 14.0.